The lowest BCUT2D eigenvalue weighted by molar-refractivity contribution is 1.04. The van der Waals surface area contributed by atoms with E-state index >= 15 is 0 Å². The fraction of sp³-hybridized carbons (Fsp3) is 0.0182. The van der Waals surface area contributed by atoms with Crippen molar-refractivity contribution in [3.8, 4) is 56.2 Å². The molecule has 1 heterocycles. The van der Waals surface area contributed by atoms with Gasteiger partial charge in [-0.1, -0.05) is 176 Å². The Morgan fingerprint density at radius 3 is 1.53 bits per heavy atom. The maximum Gasteiger partial charge on any atom is 0.194 e. The third kappa shape index (κ3) is 6.23. The molecule has 0 saturated carbocycles. The zero-order valence-corrected chi connectivity index (χ0v) is 32.4. The maximum absolute atomic E-state index is 7.67. The Morgan fingerprint density at radius 2 is 0.932 bits per heavy atom. The number of allylic oxidation sites excluding steroid dienone is 3. The standard InChI is InChI=1S/C55H36N4/c1-4-35(5-2)53-57-54(38-16-7-6-8-17-38)59-55(58-53)40-19-15-18-39(32-40)49-34-51-45-23-11-9-21-43(45)48(33-50(51)46-24-12-10-22-44(46)49)37-28-26-36(27-29-37)41-30-31-52(56-3)47-25-14-13-20-42(41)47/h4-34H,1H2,2H3/b35-5+. The van der Waals surface area contributed by atoms with E-state index in [0.29, 0.717) is 23.2 Å². The minimum absolute atomic E-state index is 0.591. The molecule has 0 N–H and O–H groups in total. The summed E-state index contributed by atoms with van der Waals surface area (Å²) < 4.78 is 0. The fourth-order valence-corrected chi connectivity index (χ4v) is 8.40. The van der Waals surface area contributed by atoms with E-state index in [-0.39, 0.29) is 0 Å². The van der Waals surface area contributed by atoms with Gasteiger partial charge in [0, 0.05) is 16.7 Å². The number of benzene rings is 9. The lowest BCUT2D eigenvalue weighted by atomic mass is 9.87. The third-order valence-electron chi connectivity index (χ3n) is 11.3. The first-order valence-corrected chi connectivity index (χ1v) is 19.7. The number of nitrogens with zero attached hydrogens (tertiary/aromatic N) is 4. The SMILES string of the molecule is [C-]#[N+]c1ccc(-c2ccc(-c3cc4c5ccccc5c(-c5cccc(-c6nc(/C(C=C)=C/C)nc(-c7ccccc7)n6)c5)cc4c4ccccc34)cc2)c2ccccc12. The Bertz CT molecular complexity index is 3360. The maximum atomic E-state index is 7.67. The second-order valence-electron chi connectivity index (χ2n) is 14.6. The quantitative estimate of drug-likeness (QED) is 0.0925. The molecule has 0 atom stereocenters. The van der Waals surface area contributed by atoms with Crippen LogP contribution in [0.2, 0.25) is 0 Å². The third-order valence-corrected chi connectivity index (χ3v) is 11.3. The molecule has 0 aliphatic carbocycles. The first-order chi connectivity index (χ1) is 29.1. The van der Waals surface area contributed by atoms with Crippen LogP contribution < -0.4 is 0 Å². The van der Waals surface area contributed by atoms with Gasteiger partial charge in [0.05, 0.1) is 6.57 Å². The van der Waals surface area contributed by atoms with E-state index in [2.05, 4.69) is 133 Å². The molecule has 0 bridgehead atoms. The summed E-state index contributed by atoms with van der Waals surface area (Å²) >= 11 is 0. The molecule has 10 rings (SSSR count). The molecule has 4 nitrogen and oxygen atoms in total. The Labute approximate surface area is 343 Å². The molecule has 0 saturated heterocycles. The van der Waals surface area contributed by atoms with Crippen LogP contribution in [0, 0.1) is 6.57 Å². The number of aromatic nitrogens is 3. The van der Waals surface area contributed by atoms with E-state index in [0.717, 1.165) is 55.3 Å². The van der Waals surface area contributed by atoms with Crippen LogP contribution in [-0.2, 0) is 0 Å². The molecular formula is C55H36N4. The van der Waals surface area contributed by atoms with E-state index in [1.165, 1.54) is 37.9 Å². The van der Waals surface area contributed by atoms with E-state index < -0.39 is 0 Å². The van der Waals surface area contributed by atoms with E-state index in [9.17, 15) is 0 Å². The highest BCUT2D eigenvalue weighted by atomic mass is 15.0. The molecule has 276 valence electrons. The van der Waals surface area contributed by atoms with Crippen molar-refractivity contribution in [2.75, 3.05) is 0 Å². The summed E-state index contributed by atoms with van der Waals surface area (Å²) in [4.78, 5) is 18.6. The topological polar surface area (TPSA) is 43.0 Å². The van der Waals surface area contributed by atoms with Gasteiger partial charge in [-0.2, -0.15) is 0 Å². The summed E-state index contributed by atoms with van der Waals surface area (Å²) in [5.41, 5.74) is 10.2. The molecule has 0 spiro atoms. The van der Waals surface area contributed by atoms with Crippen LogP contribution >= 0.6 is 0 Å². The largest absolute Gasteiger partial charge is 0.238 e. The van der Waals surface area contributed by atoms with Gasteiger partial charge >= 0.3 is 0 Å². The highest BCUT2D eigenvalue weighted by molar-refractivity contribution is 6.24. The lowest BCUT2D eigenvalue weighted by Gasteiger charge is -2.17. The molecule has 0 fully saturated rings. The molecular weight excluding hydrogens is 717 g/mol. The number of hydrogen-bond donors (Lipinski definition) is 0. The summed E-state index contributed by atoms with van der Waals surface area (Å²) in [6, 6.07) is 61.8. The van der Waals surface area contributed by atoms with E-state index in [1.807, 2.05) is 67.6 Å². The van der Waals surface area contributed by atoms with Crippen LogP contribution in [0.3, 0.4) is 0 Å². The lowest BCUT2D eigenvalue weighted by Crippen LogP contribution is -2.02. The minimum atomic E-state index is 0.591. The summed E-state index contributed by atoms with van der Waals surface area (Å²) in [5.74, 6) is 1.82. The van der Waals surface area contributed by atoms with Crippen LogP contribution in [0.4, 0.5) is 5.69 Å². The highest BCUT2D eigenvalue weighted by Gasteiger charge is 2.17. The van der Waals surface area contributed by atoms with Crippen molar-refractivity contribution >= 4 is 54.4 Å². The fourth-order valence-electron chi connectivity index (χ4n) is 8.40. The average molecular weight is 753 g/mol. The summed E-state index contributed by atoms with van der Waals surface area (Å²) in [7, 11) is 0. The van der Waals surface area contributed by atoms with Crippen LogP contribution in [-0.4, -0.2) is 15.0 Å². The Hall–Kier alpha value is -8.00. The van der Waals surface area contributed by atoms with Gasteiger partial charge in [-0.05, 0) is 102 Å². The smallest absolute Gasteiger partial charge is 0.194 e. The average Bonchev–Trinajstić information content (AvgIpc) is 3.31. The molecule has 0 amide bonds. The van der Waals surface area contributed by atoms with Gasteiger partial charge in [0.15, 0.2) is 23.2 Å². The van der Waals surface area contributed by atoms with Gasteiger partial charge in [-0.25, -0.2) is 19.8 Å². The van der Waals surface area contributed by atoms with Gasteiger partial charge in [0.1, 0.15) is 0 Å². The Morgan fingerprint density at radius 1 is 0.441 bits per heavy atom. The van der Waals surface area contributed by atoms with Crippen molar-refractivity contribution in [2.45, 2.75) is 6.92 Å². The van der Waals surface area contributed by atoms with Crippen LogP contribution in [0.15, 0.2) is 195 Å². The molecule has 1 aromatic heterocycles. The van der Waals surface area contributed by atoms with Gasteiger partial charge < -0.3 is 0 Å². The Balaban J connectivity index is 1.12. The Kier molecular flexibility index (Phi) is 8.90. The highest BCUT2D eigenvalue weighted by Crippen LogP contribution is 2.43. The van der Waals surface area contributed by atoms with Crippen molar-refractivity contribution in [2.24, 2.45) is 0 Å². The molecule has 4 heteroatoms. The zero-order chi connectivity index (χ0) is 39.9. The van der Waals surface area contributed by atoms with E-state index in [1.54, 1.807) is 6.08 Å². The molecule has 0 unspecified atom stereocenters. The molecule has 0 aliphatic heterocycles. The summed E-state index contributed by atoms with van der Waals surface area (Å²) in [6.07, 6.45) is 3.76. The van der Waals surface area contributed by atoms with Crippen molar-refractivity contribution in [1.29, 1.82) is 0 Å². The van der Waals surface area contributed by atoms with Gasteiger partial charge in [0.25, 0.3) is 0 Å². The number of rotatable bonds is 7. The van der Waals surface area contributed by atoms with Crippen molar-refractivity contribution < 1.29 is 0 Å². The van der Waals surface area contributed by atoms with Crippen LogP contribution in [0.5, 0.6) is 0 Å². The zero-order valence-electron chi connectivity index (χ0n) is 32.4. The van der Waals surface area contributed by atoms with Gasteiger partial charge in [-0.15, -0.1) is 0 Å². The summed E-state index contributed by atoms with van der Waals surface area (Å²) in [6.45, 7) is 13.7. The molecule has 0 aliphatic rings. The first kappa shape index (κ1) is 35.4. The summed E-state index contributed by atoms with van der Waals surface area (Å²) in [5, 5.41) is 9.23. The predicted molar refractivity (Wildman–Crippen MR) is 247 cm³/mol. The number of fused-ring (bicyclic) bond motifs is 6. The first-order valence-electron chi connectivity index (χ1n) is 19.7. The molecule has 59 heavy (non-hydrogen) atoms. The second kappa shape index (κ2) is 14.8. The normalized spacial score (nSPS) is 11.6. The molecule has 10 aromatic rings. The van der Waals surface area contributed by atoms with Crippen molar-refractivity contribution in [1.82, 2.24) is 15.0 Å². The molecule has 0 radical (unpaired) electrons. The van der Waals surface area contributed by atoms with Crippen LogP contribution in [0.25, 0.3) is 110 Å². The van der Waals surface area contributed by atoms with Crippen molar-refractivity contribution in [3.05, 3.63) is 212 Å². The minimum Gasteiger partial charge on any atom is -0.238 e. The van der Waals surface area contributed by atoms with Gasteiger partial charge in [-0.3, -0.25) is 0 Å². The van der Waals surface area contributed by atoms with Crippen LogP contribution in [0.1, 0.15) is 12.7 Å². The monoisotopic (exact) mass is 752 g/mol. The molecule has 9 aromatic carbocycles. The van der Waals surface area contributed by atoms with Crippen molar-refractivity contribution in [3.63, 3.8) is 0 Å². The van der Waals surface area contributed by atoms with Gasteiger partial charge in [0.2, 0.25) is 0 Å². The van der Waals surface area contributed by atoms with E-state index in [4.69, 9.17) is 21.5 Å². The number of hydrogen-bond acceptors (Lipinski definition) is 3. The second-order valence-corrected chi connectivity index (χ2v) is 14.6. The predicted octanol–water partition coefficient (Wildman–Crippen LogP) is 15.0.